The topological polar surface area (TPSA) is 66.7 Å². The molecule has 1 fully saturated rings. The third kappa shape index (κ3) is 4.48. The number of amides is 1. The van der Waals surface area contributed by atoms with Gasteiger partial charge >= 0.3 is 0 Å². The average molecular weight is 479 g/mol. The molecule has 1 aliphatic heterocycles. The van der Waals surface area contributed by atoms with Crippen LogP contribution in [0.4, 0.5) is 4.39 Å². The molecule has 2 aromatic heterocycles. The van der Waals surface area contributed by atoms with Gasteiger partial charge in [-0.1, -0.05) is 11.3 Å². The molecule has 0 unspecified atom stereocenters. The molecule has 34 heavy (non-hydrogen) atoms. The van der Waals surface area contributed by atoms with Gasteiger partial charge in [0, 0.05) is 36.4 Å². The van der Waals surface area contributed by atoms with Crippen molar-refractivity contribution >= 4 is 38.2 Å². The van der Waals surface area contributed by atoms with E-state index in [1.165, 1.54) is 50.4 Å². The van der Waals surface area contributed by atoms with E-state index in [9.17, 15) is 14.0 Å². The summed E-state index contributed by atoms with van der Waals surface area (Å²) in [6, 6.07) is 10.1. The van der Waals surface area contributed by atoms with E-state index >= 15 is 0 Å². The zero-order valence-corrected chi connectivity index (χ0v) is 20.0. The standard InChI is InChI=1S/C26H27FN4O2S/c1-28-25(33)18-7-9-19(20(27)14-18)21-16-31-22-10-8-17(15-24(22)34-26(31)29-21)23(32)6-2-3-11-30-12-4-5-13-30/h7-10,14-16H,2-6,11-13H2,1H3,(H,28,33). The number of unbranched alkanes of at least 4 members (excludes halogenated alkanes) is 1. The fraction of sp³-hybridized carbons (Fsp3) is 0.346. The Hall–Kier alpha value is -3.10. The summed E-state index contributed by atoms with van der Waals surface area (Å²) in [6.45, 7) is 3.48. The number of Topliss-reactive ketones (excluding diaryl/α,β-unsaturated/α-hetero) is 1. The quantitative estimate of drug-likeness (QED) is 0.281. The number of carbonyl (C=O) groups is 2. The van der Waals surface area contributed by atoms with Crippen molar-refractivity contribution in [3.63, 3.8) is 0 Å². The van der Waals surface area contributed by atoms with Gasteiger partial charge in [-0.3, -0.25) is 14.0 Å². The molecule has 5 rings (SSSR count). The maximum Gasteiger partial charge on any atom is 0.251 e. The summed E-state index contributed by atoms with van der Waals surface area (Å²) < 4.78 is 17.6. The maximum atomic E-state index is 14.7. The number of halogens is 1. The summed E-state index contributed by atoms with van der Waals surface area (Å²) in [5, 5.41) is 2.49. The number of aromatic nitrogens is 2. The first-order valence-electron chi connectivity index (χ1n) is 11.7. The van der Waals surface area contributed by atoms with Crippen molar-refractivity contribution in [2.75, 3.05) is 26.7 Å². The van der Waals surface area contributed by atoms with Crippen molar-refractivity contribution in [1.29, 1.82) is 0 Å². The van der Waals surface area contributed by atoms with Gasteiger partial charge in [-0.25, -0.2) is 9.37 Å². The van der Waals surface area contributed by atoms with Gasteiger partial charge in [-0.15, -0.1) is 0 Å². The van der Waals surface area contributed by atoms with Gasteiger partial charge in [-0.2, -0.15) is 0 Å². The molecule has 0 aliphatic carbocycles. The predicted molar refractivity (Wildman–Crippen MR) is 133 cm³/mol. The minimum atomic E-state index is -0.492. The van der Waals surface area contributed by atoms with Gasteiger partial charge in [0.25, 0.3) is 5.91 Å². The number of hydrogen-bond acceptors (Lipinski definition) is 5. The number of rotatable bonds is 8. The molecule has 0 radical (unpaired) electrons. The largest absolute Gasteiger partial charge is 0.355 e. The Labute approximate surface area is 201 Å². The lowest BCUT2D eigenvalue weighted by Gasteiger charge is -2.13. The van der Waals surface area contributed by atoms with Crippen molar-refractivity contribution in [3.8, 4) is 11.3 Å². The molecular formula is C26H27FN4O2S. The predicted octanol–water partition coefficient (Wildman–Crippen LogP) is 5.16. The second-order valence-electron chi connectivity index (χ2n) is 8.77. The lowest BCUT2D eigenvalue weighted by atomic mass is 10.1. The number of imidazole rings is 1. The third-order valence-corrected chi connectivity index (χ3v) is 7.49. The molecule has 1 saturated heterocycles. The van der Waals surface area contributed by atoms with Crippen molar-refractivity contribution < 1.29 is 14.0 Å². The van der Waals surface area contributed by atoms with Gasteiger partial charge in [0.2, 0.25) is 0 Å². The van der Waals surface area contributed by atoms with E-state index < -0.39 is 5.82 Å². The van der Waals surface area contributed by atoms with Gasteiger partial charge in [0.15, 0.2) is 10.7 Å². The number of carbonyl (C=O) groups excluding carboxylic acids is 2. The SMILES string of the molecule is CNC(=O)c1ccc(-c2cn3c(n2)sc2cc(C(=O)CCCCN4CCCC4)ccc23)c(F)c1. The van der Waals surface area contributed by atoms with Crippen LogP contribution in [0.1, 0.15) is 52.8 Å². The summed E-state index contributed by atoms with van der Waals surface area (Å²) >= 11 is 1.48. The lowest BCUT2D eigenvalue weighted by Crippen LogP contribution is -2.20. The number of thiazole rings is 1. The van der Waals surface area contributed by atoms with Crippen LogP contribution in [-0.2, 0) is 0 Å². The van der Waals surface area contributed by atoms with E-state index in [0.717, 1.165) is 40.1 Å². The second-order valence-corrected chi connectivity index (χ2v) is 9.78. The molecule has 3 heterocycles. The molecule has 1 amide bonds. The Bertz CT molecular complexity index is 1370. The van der Waals surface area contributed by atoms with E-state index in [1.807, 2.05) is 22.6 Å². The van der Waals surface area contributed by atoms with Gasteiger partial charge in [0.05, 0.1) is 15.9 Å². The van der Waals surface area contributed by atoms with Crippen LogP contribution in [0.15, 0.2) is 42.6 Å². The van der Waals surface area contributed by atoms with Crippen molar-refractivity contribution in [1.82, 2.24) is 19.6 Å². The number of benzene rings is 2. The summed E-state index contributed by atoms with van der Waals surface area (Å²) in [7, 11) is 1.51. The van der Waals surface area contributed by atoms with Gasteiger partial charge in [-0.05, 0) is 81.7 Å². The summed E-state index contributed by atoms with van der Waals surface area (Å²) in [5.74, 6) is -0.652. The van der Waals surface area contributed by atoms with Crippen LogP contribution in [0.2, 0.25) is 0 Å². The highest BCUT2D eigenvalue weighted by atomic mass is 32.1. The minimum absolute atomic E-state index is 0.174. The van der Waals surface area contributed by atoms with Gasteiger partial charge < -0.3 is 10.2 Å². The molecule has 176 valence electrons. The number of nitrogens with one attached hydrogen (secondary N) is 1. The minimum Gasteiger partial charge on any atom is -0.355 e. The molecule has 1 N–H and O–H groups in total. The van der Waals surface area contributed by atoms with Crippen molar-refractivity contribution in [2.45, 2.75) is 32.1 Å². The summed E-state index contributed by atoms with van der Waals surface area (Å²) in [6.07, 6.45) is 6.93. The molecule has 2 aromatic carbocycles. The number of ketones is 1. The fourth-order valence-corrected chi connectivity index (χ4v) is 5.63. The molecule has 4 aromatic rings. The Morgan fingerprint density at radius 3 is 2.65 bits per heavy atom. The smallest absolute Gasteiger partial charge is 0.251 e. The number of fused-ring (bicyclic) bond motifs is 3. The van der Waals surface area contributed by atoms with E-state index in [0.29, 0.717) is 17.7 Å². The molecule has 0 atom stereocenters. The third-order valence-electron chi connectivity index (χ3n) is 6.48. The number of likely N-dealkylation sites (tertiary alicyclic amines) is 1. The molecule has 0 bridgehead atoms. The second kappa shape index (κ2) is 9.64. The van der Waals surface area contributed by atoms with E-state index in [4.69, 9.17) is 0 Å². The lowest BCUT2D eigenvalue weighted by molar-refractivity contribution is 0.0959. The van der Waals surface area contributed by atoms with Crippen LogP contribution in [-0.4, -0.2) is 52.7 Å². The van der Waals surface area contributed by atoms with E-state index in [-0.39, 0.29) is 17.3 Å². The Morgan fingerprint density at radius 1 is 1.09 bits per heavy atom. The zero-order chi connectivity index (χ0) is 23.7. The Kier molecular flexibility index (Phi) is 6.43. The highest BCUT2D eigenvalue weighted by Crippen LogP contribution is 2.31. The average Bonchev–Trinajstić information content (AvgIpc) is 3.57. The summed E-state index contributed by atoms with van der Waals surface area (Å²) in [5.41, 5.74) is 2.79. The summed E-state index contributed by atoms with van der Waals surface area (Å²) in [4.78, 5) is 32.3. The fourth-order valence-electron chi connectivity index (χ4n) is 4.58. The molecular weight excluding hydrogens is 451 g/mol. The van der Waals surface area contributed by atoms with E-state index in [1.54, 1.807) is 18.3 Å². The first-order valence-corrected chi connectivity index (χ1v) is 12.5. The highest BCUT2D eigenvalue weighted by molar-refractivity contribution is 7.23. The molecule has 0 saturated carbocycles. The van der Waals surface area contributed by atoms with E-state index in [2.05, 4.69) is 15.2 Å². The van der Waals surface area contributed by atoms with Gasteiger partial charge in [0.1, 0.15) is 5.82 Å². The maximum absolute atomic E-state index is 14.7. The Balaban J connectivity index is 1.31. The number of nitrogens with zero attached hydrogens (tertiary/aromatic N) is 3. The molecule has 1 aliphatic rings. The first-order chi connectivity index (χ1) is 16.5. The molecule has 6 nitrogen and oxygen atoms in total. The molecule has 8 heteroatoms. The van der Waals surface area contributed by atoms with Crippen LogP contribution < -0.4 is 5.32 Å². The van der Waals surface area contributed by atoms with Crippen molar-refractivity contribution in [2.24, 2.45) is 0 Å². The first kappa shape index (κ1) is 22.7. The van der Waals surface area contributed by atoms with Crippen LogP contribution in [0.5, 0.6) is 0 Å². The van der Waals surface area contributed by atoms with Crippen molar-refractivity contribution in [3.05, 3.63) is 59.5 Å². The van der Waals surface area contributed by atoms with Crippen LogP contribution in [0.3, 0.4) is 0 Å². The highest BCUT2D eigenvalue weighted by Gasteiger charge is 2.16. The normalized spacial score (nSPS) is 14.3. The van der Waals surface area contributed by atoms with Crippen LogP contribution >= 0.6 is 11.3 Å². The Morgan fingerprint density at radius 2 is 1.88 bits per heavy atom. The molecule has 0 spiro atoms. The number of hydrogen-bond donors (Lipinski definition) is 1. The van der Waals surface area contributed by atoms with Crippen LogP contribution in [0.25, 0.3) is 26.4 Å². The van der Waals surface area contributed by atoms with Crippen LogP contribution in [0, 0.1) is 5.82 Å². The monoisotopic (exact) mass is 478 g/mol. The zero-order valence-electron chi connectivity index (χ0n) is 19.1.